The van der Waals surface area contributed by atoms with Crippen LogP contribution in [0.4, 0.5) is 5.13 Å². The first-order chi connectivity index (χ1) is 11.0. The fourth-order valence-electron chi connectivity index (χ4n) is 1.91. The minimum atomic E-state index is -0.666. The molecule has 2 heterocycles. The molecule has 3 rings (SSSR count). The van der Waals surface area contributed by atoms with Crippen molar-refractivity contribution in [2.75, 3.05) is 5.32 Å². The van der Waals surface area contributed by atoms with Gasteiger partial charge in [-0.15, -0.1) is 11.3 Å². The molecule has 1 aromatic carbocycles. The third-order valence-electron chi connectivity index (χ3n) is 3.07. The van der Waals surface area contributed by atoms with Crippen LogP contribution in [0.5, 0.6) is 0 Å². The van der Waals surface area contributed by atoms with Crippen molar-refractivity contribution in [2.24, 2.45) is 0 Å². The van der Waals surface area contributed by atoms with Crippen LogP contribution in [0, 0.1) is 0 Å². The van der Waals surface area contributed by atoms with Gasteiger partial charge in [0.15, 0.2) is 5.13 Å². The molecule has 0 spiro atoms. The van der Waals surface area contributed by atoms with E-state index in [-0.39, 0.29) is 11.8 Å². The SMILES string of the molecule is C[C@@H](NC(=O)c1cccs1)C(=O)Nc1nc2ccc(Cl)cc2s1. The number of rotatable bonds is 4. The summed E-state index contributed by atoms with van der Waals surface area (Å²) in [6.07, 6.45) is 0. The van der Waals surface area contributed by atoms with Gasteiger partial charge in [-0.2, -0.15) is 0 Å². The van der Waals surface area contributed by atoms with Gasteiger partial charge < -0.3 is 10.6 Å². The topological polar surface area (TPSA) is 71.1 Å². The lowest BCUT2D eigenvalue weighted by molar-refractivity contribution is -0.117. The van der Waals surface area contributed by atoms with Crippen LogP contribution in [0.1, 0.15) is 16.6 Å². The lowest BCUT2D eigenvalue weighted by atomic mass is 10.3. The number of carbonyl (C=O) groups excluding carboxylic acids is 2. The number of halogens is 1. The van der Waals surface area contributed by atoms with E-state index in [0.717, 1.165) is 10.2 Å². The van der Waals surface area contributed by atoms with Gasteiger partial charge in [-0.1, -0.05) is 29.0 Å². The molecule has 118 valence electrons. The molecule has 0 aliphatic heterocycles. The van der Waals surface area contributed by atoms with Crippen molar-refractivity contribution < 1.29 is 9.59 Å². The monoisotopic (exact) mass is 365 g/mol. The van der Waals surface area contributed by atoms with E-state index in [1.807, 2.05) is 5.38 Å². The maximum atomic E-state index is 12.2. The van der Waals surface area contributed by atoms with Crippen LogP contribution in [-0.2, 0) is 4.79 Å². The van der Waals surface area contributed by atoms with E-state index in [1.54, 1.807) is 37.3 Å². The third-order valence-corrected chi connectivity index (χ3v) is 5.10. The summed E-state index contributed by atoms with van der Waals surface area (Å²) in [5.74, 6) is -0.584. The van der Waals surface area contributed by atoms with Crippen LogP contribution in [0.3, 0.4) is 0 Å². The summed E-state index contributed by atoms with van der Waals surface area (Å²) in [5, 5.41) is 8.28. The lowest BCUT2D eigenvalue weighted by Crippen LogP contribution is -2.41. The van der Waals surface area contributed by atoms with Crippen LogP contribution >= 0.6 is 34.3 Å². The van der Waals surface area contributed by atoms with Crippen molar-refractivity contribution in [1.82, 2.24) is 10.3 Å². The van der Waals surface area contributed by atoms with Crippen LogP contribution in [0.2, 0.25) is 5.02 Å². The highest BCUT2D eigenvalue weighted by atomic mass is 35.5. The Kier molecular flexibility index (Phi) is 4.61. The van der Waals surface area contributed by atoms with Crippen LogP contribution in [0.25, 0.3) is 10.2 Å². The fourth-order valence-corrected chi connectivity index (χ4v) is 3.68. The number of thiazole rings is 1. The summed E-state index contributed by atoms with van der Waals surface area (Å²) in [7, 11) is 0. The molecule has 2 amide bonds. The normalized spacial score (nSPS) is 12.1. The number of carbonyl (C=O) groups is 2. The zero-order chi connectivity index (χ0) is 16.4. The fraction of sp³-hybridized carbons (Fsp3) is 0.133. The third kappa shape index (κ3) is 3.69. The van der Waals surface area contributed by atoms with Gasteiger partial charge in [0, 0.05) is 5.02 Å². The van der Waals surface area contributed by atoms with E-state index >= 15 is 0 Å². The molecule has 0 aliphatic rings. The number of nitrogens with zero attached hydrogens (tertiary/aromatic N) is 1. The van der Waals surface area contributed by atoms with E-state index in [1.165, 1.54) is 22.7 Å². The van der Waals surface area contributed by atoms with Crippen LogP contribution < -0.4 is 10.6 Å². The summed E-state index contributed by atoms with van der Waals surface area (Å²) in [6, 6.07) is 8.18. The number of thiophene rings is 1. The Hall–Kier alpha value is -1.96. The van der Waals surface area contributed by atoms with Gasteiger partial charge >= 0.3 is 0 Å². The van der Waals surface area contributed by atoms with Gasteiger partial charge in [-0.3, -0.25) is 9.59 Å². The van der Waals surface area contributed by atoms with E-state index in [0.29, 0.717) is 15.0 Å². The number of benzene rings is 1. The van der Waals surface area contributed by atoms with Crippen molar-refractivity contribution >= 4 is 61.4 Å². The Morgan fingerprint density at radius 2 is 2.13 bits per heavy atom. The number of aromatic nitrogens is 1. The standard InChI is InChI=1S/C15H12ClN3O2S2/c1-8(17-14(21)11-3-2-6-22-11)13(20)19-15-18-10-5-4-9(16)7-12(10)23-15/h2-8H,1H3,(H,17,21)(H,18,19,20)/t8-/m1/s1. The molecule has 5 nitrogen and oxygen atoms in total. The zero-order valence-corrected chi connectivity index (χ0v) is 14.4. The predicted molar refractivity (Wildman–Crippen MR) is 94.5 cm³/mol. The van der Waals surface area contributed by atoms with E-state index < -0.39 is 6.04 Å². The largest absolute Gasteiger partial charge is 0.340 e. The molecular formula is C15H12ClN3O2S2. The summed E-state index contributed by atoms with van der Waals surface area (Å²) >= 11 is 8.60. The van der Waals surface area contributed by atoms with Crippen LogP contribution in [-0.4, -0.2) is 22.8 Å². The molecule has 0 aliphatic carbocycles. The maximum absolute atomic E-state index is 12.2. The molecule has 1 atom stereocenters. The Morgan fingerprint density at radius 1 is 1.30 bits per heavy atom. The number of fused-ring (bicyclic) bond motifs is 1. The second-order valence-electron chi connectivity index (χ2n) is 4.79. The maximum Gasteiger partial charge on any atom is 0.261 e. The van der Waals surface area contributed by atoms with E-state index in [9.17, 15) is 9.59 Å². The van der Waals surface area contributed by atoms with Crippen molar-refractivity contribution in [3.63, 3.8) is 0 Å². The zero-order valence-electron chi connectivity index (χ0n) is 12.0. The lowest BCUT2D eigenvalue weighted by Gasteiger charge is -2.12. The molecule has 8 heteroatoms. The highest BCUT2D eigenvalue weighted by Gasteiger charge is 2.18. The van der Waals surface area contributed by atoms with Gasteiger partial charge in [0.2, 0.25) is 5.91 Å². The van der Waals surface area contributed by atoms with Crippen molar-refractivity contribution in [1.29, 1.82) is 0 Å². The van der Waals surface area contributed by atoms with Gasteiger partial charge in [0.05, 0.1) is 15.1 Å². The number of anilines is 1. The number of hydrogen-bond acceptors (Lipinski definition) is 5. The van der Waals surface area contributed by atoms with Crippen molar-refractivity contribution in [2.45, 2.75) is 13.0 Å². The Morgan fingerprint density at radius 3 is 2.87 bits per heavy atom. The van der Waals surface area contributed by atoms with Crippen LogP contribution in [0.15, 0.2) is 35.7 Å². The molecule has 0 unspecified atom stereocenters. The van der Waals surface area contributed by atoms with Gasteiger partial charge in [-0.25, -0.2) is 4.98 Å². The van der Waals surface area contributed by atoms with Gasteiger partial charge in [-0.05, 0) is 36.6 Å². The first-order valence-corrected chi connectivity index (χ1v) is 8.81. The van der Waals surface area contributed by atoms with E-state index in [2.05, 4.69) is 15.6 Å². The second-order valence-corrected chi connectivity index (χ2v) is 7.21. The first kappa shape index (κ1) is 15.9. The average Bonchev–Trinajstić information content (AvgIpc) is 3.15. The summed E-state index contributed by atoms with van der Waals surface area (Å²) in [4.78, 5) is 29.0. The molecule has 0 saturated carbocycles. The Balaban J connectivity index is 1.66. The Labute approximate surface area is 145 Å². The van der Waals surface area contributed by atoms with Crippen molar-refractivity contribution in [3.8, 4) is 0 Å². The van der Waals surface area contributed by atoms with Gasteiger partial charge in [0.25, 0.3) is 5.91 Å². The number of nitrogens with one attached hydrogen (secondary N) is 2. The highest BCUT2D eigenvalue weighted by molar-refractivity contribution is 7.22. The quantitative estimate of drug-likeness (QED) is 0.739. The molecule has 0 bridgehead atoms. The molecule has 3 aromatic rings. The number of amides is 2. The molecule has 2 aromatic heterocycles. The smallest absolute Gasteiger partial charge is 0.261 e. The summed E-state index contributed by atoms with van der Waals surface area (Å²) in [6.45, 7) is 1.63. The minimum absolute atomic E-state index is 0.265. The highest BCUT2D eigenvalue weighted by Crippen LogP contribution is 2.28. The first-order valence-electron chi connectivity index (χ1n) is 6.74. The van der Waals surface area contributed by atoms with Crippen molar-refractivity contribution in [3.05, 3.63) is 45.6 Å². The molecule has 0 saturated heterocycles. The van der Waals surface area contributed by atoms with Gasteiger partial charge in [0.1, 0.15) is 6.04 Å². The molecule has 0 fully saturated rings. The molecule has 0 radical (unpaired) electrons. The summed E-state index contributed by atoms with van der Waals surface area (Å²) in [5.41, 5.74) is 0.768. The number of hydrogen-bond donors (Lipinski definition) is 2. The summed E-state index contributed by atoms with van der Waals surface area (Å²) < 4.78 is 0.892. The average molecular weight is 366 g/mol. The molecule has 2 N–H and O–H groups in total. The molecule has 23 heavy (non-hydrogen) atoms. The second kappa shape index (κ2) is 6.66. The predicted octanol–water partition coefficient (Wildman–Crippen LogP) is 3.77. The molecular weight excluding hydrogens is 354 g/mol. The Bertz CT molecular complexity index is 861. The van der Waals surface area contributed by atoms with E-state index in [4.69, 9.17) is 11.6 Å². The minimum Gasteiger partial charge on any atom is -0.340 e.